The van der Waals surface area contributed by atoms with Gasteiger partial charge in [-0.05, 0) is 24.6 Å². The number of benzene rings is 1. The number of nitrogens with zero attached hydrogens (tertiary/aromatic N) is 2. The largest absolute Gasteiger partial charge is 0.418 e. The molecule has 1 heterocycles. The topological polar surface area (TPSA) is 49.0 Å². The Kier molecular flexibility index (Phi) is 4.07. The van der Waals surface area contributed by atoms with Gasteiger partial charge in [-0.3, -0.25) is 0 Å². The van der Waals surface area contributed by atoms with Gasteiger partial charge in [-0.15, -0.1) is 0 Å². The van der Waals surface area contributed by atoms with Gasteiger partial charge in [0.25, 0.3) is 5.92 Å². The molecule has 2 aromatic rings. The second-order valence-corrected chi connectivity index (χ2v) is 6.23. The Balaban J connectivity index is 2.29. The molecular weight excluding hydrogens is 362 g/mol. The average Bonchev–Trinajstić information content (AvgIpc) is 2.93. The van der Waals surface area contributed by atoms with Crippen molar-refractivity contribution in [3.63, 3.8) is 0 Å². The van der Waals surface area contributed by atoms with Crippen molar-refractivity contribution in [1.82, 2.24) is 4.57 Å². The van der Waals surface area contributed by atoms with Gasteiger partial charge in [0.1, 0.15) is 18.0 Å². The van der Waals surface area contributed by atoms with Gasteiger partial charge in [-0.2, -0.15) is 18.4 Å². The lowest BCUT2D eigenvalue weighted by Gasteiger charge is -2.34. The number of nitriles is 1. The highest BCUT2D eigenvalue weighted by molar-refractivity contribution is 5.49. The molecule has 2 atom stereocenters. The normalized spacial score (nSPS) is 22.0. The lowest BCUT2D eigenvalue weighted by Crippen LogP contribution is -2.40. The Morgan fingerprint density at radius 2 is 1.96 bits per heavy atom. The van der Waals surface area contributed by atoms with E-state index in [4.69, 9.17) is 5.26 Å². The highest BCUT2D eigenvalue weighted by Gasteiger charge is 2.53. The van der Waals surface area contributed by atoms with E-state index in [1.165, 1.54) is 0 Å². The van der Waals surface area contributed by atoms with E-state index in [0.29, 0.717) is 6.20 Å². The fourth-order valence-electron chi connectivity index (χ4n) is 3.17. The lowest BCUT2D eigenvalue weighted by molar-refractivity contribution is -0.162. The molecule has 1 aromatic carbocycles. The van der Waals surface area contributed by atoms with Crippen LogP contribution in [0.2, 0.25) is 0 Å². The third-order valence-electron chi connectivity index (χ3n) is 4.60. The SMILES string of the molecule is CC1Cc2c(c(C(F)(F)F)cn2-c2ccc(F)c(C#N)c2)C(O)C1(F)F. The van der Waals surface area contributed by atoms with Gasteiger partial charge in [0, 0.05) is 29.1 Å². The molecule has 1 aromatic heterocycles. The van der Waals surface area contributed by atoms with E-state index in [1.54, 1.807) is 6.07 Å². The molecule has 0 bridgehead atoms. The number of aliphatic hydroxyl groups excluding tert-OH is 1. The summed E-state index contributed by atoms with van der Waals surface area (Å²) in [6, 6.07) is 4.65. The molecule has 1 aliphatic carbocycles. The molecule has 1 aliphatic rings. The zero-order valence-electron chi connectivity index (χ0n) is 13.3. The molecule has 9 heteroatoms. The number of rotatable bonds is 1. The fraction of sp³-hybridized carbons (Fsp3) is 0.353. The van der Waals surface area contributed by atoms with Crippen LogP contribution in [0.1, 0.15) is 35.4 Å². The summed E-state index contributed by atoms with van der Waals surface area (Å²) in [5, 5.41) is 18.8. The van der Waals surface area contributed by atoms with Crippen LogP contribution in [0.4, 0.5) is 26.3 Å². The Bertz CT molecular complexity index is 909. The molecule has 3 nitrogen and oxygen atoms in total. The average molecular weight is 374 g/mol. The summed E-state index contributed by atoms with van der Waals surface area (Å²) in [5.74, 6) is -5.98. The van der Waals surface area contributed by atoms with Crippen molar-refractivity contribution < 1.29 is 31.4 Å². The zero-order valence-corrected chi connectivity index (χ0v) is 13.3. The van der Waals surface area contributed by atoms with Crippen molar-refractivity contribution in [3.05, 3.63) is 52.6 Å². The number of aliphatic hydroxyl groups is 1. The molecule has 26 heavy (non-hydrogen) atoms. The van der Waals surface area contributed by atoms with Crippen LogP contribution in [0.15, 0.2) is 24.4 Å². The molecule has 0 fully saturated rings. The molecule has 0 amide bonds. The third kappa shape index (κ3) is 2.65. The van der Waals surface area contributed by atoms with Crippen LogP contribution in [0.5, 0.6) is 0 Å². The standard InChI is InChI=1S/C17H12F6N2O/c1-8-4-13-14(15(26)16(8,19)20)11(17(21,22)23)7-25(13)10-2-3-12(18)9(5-10)6-24/h2-3,5,7-8,15,26H,4H2,1H3. The highest BCUT2D eigenvalue weighted by Crippen LogP contribution is 2.50. The van der Waals surface area contributed by atoms with Crippen molar-refractivity contribution >= 4 is 0 Å². The molecule has 0 spiro atoms. The van der Waals surface area contributed by atoms with Crippen molar-refractivity contribution in [3.8, 4) is 11.8 Å². The second kappa shape index (κ2) is 5.77. The van der Waals surface area contributed by atoms with Gasteiger partial charge in [-0.1, -0.05) is 6.92 Å². The van der Waals surface area contributed by atoms with Crippen molar-refractivity contribution in [2.45, 2.75) is 31.5 Å². The van der Waals surface area contributed by atoms with Gasteiger partial charge in [0.15, 0.2) is 0 Å². The van der Waals surface area contributed by atoms with E-state index in [1.807, 2.05) is 0 Å². The molecular formula is C17H12F6N2O. The van der Waals surface area contributed by atoms with E-state index in [9.17, 15) is 31.4 Å². The number of hydrogen-bond acceptors (Lipinski definition) is 2. The fourth-order valence-corrected chi connectivity index (χ4v) is 3.17. The van der Waals surface area contributed by atoms with Gasteiger partial charge >= 0.3 is 6.18 Å². The molecule has 3 rings (SSSR count). The molecule has 2 unspecified atom stereocenters. The van der Waals surface area contributed by atoms with Gasteiger partial charge in [0.05, 0.1) is 11.1 Å². The number of hydrogen-bond donors (Lipinski definition) is 1. The van der Waals surface area contributed by atoms with Gasteiger partial charge in [0.2, 0.25) is 0 Å². The Morgan fingerprint density at radius 1 is 1.31 bits per heavy atom. The second-order valence-electron chi connectivity index (χ2n) is 6.23. The molecule has 1 N–H and O–H groups in total. The van der Waals surface area contributed by atoms with Crippen LogP contribution in [0, 0.1) is 23.1 Å². The zero-order chi connectivity index (χ0) is 19.4. The number of fused-ring (bicyclic) bond motifs is 1. The van der Waals surface area contributed by atoms with E-state index in [-0.39, 0.29) is 11.4 Å². The van der Waals surface area contributed by atoms with Crippen molar-refractivity contribution in [2.24, 2.45) is 5.92 Å². The summed E-state index contributed by atoms with van der Waals surface area (Å²) >= 11 is 0. The quantitative estimate of drug-likeness (QED) is 0.754. The first-order chi connectivity index (χ1) is 12.0. The minimum Gasteiger partial charge on any atom is -0.382 e. The predicted molar refractivity (Wildman–Crippen MR) is 78.2 cm³/mol. The van der Waals surface area contributed by atoms with Crippen LogP contribution in [0.3, 0.4) is 0 Å². The van der Waals surface area contributed by atoms with Crippen LogP contribution in [-0.4, -0.2) is 15.6 Å². The van der Waals surface area contributed by atoms with Crippen LogP contribution < -0.4 is 0 Å². The summed E-state index contributed by atoms with van der Waals surface area (Å²) in [6.45, 7) is 1.13. The number of aromatic nitrogens is 1. The summed E-state index contributed by atoms with van der Waals surface area (Å²) in [5.41, 5.74) is -2.79. The van der Waals surface area contributed by atoms with E-state index >= 15 is 0 Å². The van der Waals surface area contributed by atoms with E-state index in [0.717, 1.165) is 29.7 Å². The first-order valence-electron chi connectivity index (χ1n) is 7.55. The smallest absolute Gasteiger partial charge is 0.382 e. The minimum atomic E-state index is -4.97. The van der Waals surface area contributed by atoms with Gasteiger partial charge in [-0.25, -0.2) is 13.2 Å². The molecule has 0 aliphatic heterocycles. The predicted octanol–water partition coefficient (Wildman–Crippen LogP) is 4.37. The Hall–Kier alpha value is -2.47. The monoisotopic (exact) mass is 374 g/mol. The molecule has 138 valence electrons. The summed E-state index contributed by atoms with van der Waals surface area (Å²) < 4.78 is 82.7. The van der Waals surface area contributed by atoms with Crippen LogP contribution in [0.25, 0.3) is 5.69 Å². The minimum absolute atomic E-state index is 0.0133. The number of alkyl halides is 5. The number of halogens is 6. The summed E-state index contributed by atoms with van der Waals surface area (Å²) in [7, 11) is 0. The Morgan fingerprint density at radius 3 is 2.54 bits per heavy atom. The summed E-state index contributed by atoms with van der Waals surface area (Å²) in [6.07, 6.45) is -7.41. The first kappa shape index (κ1) is 18.3. The third-order valence-corrected chi connectivity index (χ3v) is 4.60. The van der Waals surface area contributed by atoms with Crippen LogP contribution in [-0.2, 0) is 12.6 Å². The summed E-state index contributed by atoms with van der Waals surface area (Å²) in [4.78, 5) is 0. The molecule has 0 radical (unpaired) electrons. The van der Waals surface area contributed by atoms with Crippen LogP contribution >= 0.6 is 0 Å². The van der Waals surface area contributed by atoms with E-state index < -0.39 is 53.0 Å². The Labute approximate surface area is 144 Å². The van der Waals surface area contributed by atoms with Crippen molar-refractivity contribution in [1.29, 1.82) is 5.26 Å². The van der Waals surface area contributed by atoms with Crippen molar-refractivity contribution in [2.75, 3.05) is 0 Å². The first-order valence-corrected chi connectivity index (χ1v) is 7.55. The van der Waals surface area contributed by atoms with E-state index in [2.05, 4.69) is 0 Å². The maximum Gasteiger partial charge on any atom is 0.418 e. The molecule has 0 saturated heterocycles. The highest BCUT2D eigenvalue weighted by atomic mass is 19.4. The maximum atomic E-state index is 14.1. The molecule has 0 saturated carbocycles. The van der Waals surface area contributed by atoms with Gasteiger partial charge < -0.3 is 9.67 Å². The lowest BCUT2D eigenvalue weighted by atomic mass is 9.82. The maximum absolute atomic E-state index is 14.1.